The number of ether oxygens (including phenoxy) is 1. The molecule has 0 bridgehead atoms. The fourth-order valence-corrected chi connectivity index (χ4v) is 4.38. The van der Waals surface area contributed by atoms with Crippen LogP contribution >= 0.6 is 0 Å². The van der Waals surface area contributed by atoms with E-state index in [-0.39, 0.29) is 10.9 Å². The monoisotopic (exact) mass is 388 g/mol. The number of hydrogen-bond acceptors (Lipinski definition) is 5. The highest BCUT2D eigenvalue weighted by atomic mass is 32.2. The van der Waals surface area contributed by atoms with Crippen molar-refractivity contribution in [1.29, 1.82) is 0 Å². The number of sulfonamides is 1. The van der Waals surface area contributed by atoms with Crippen LogP contribution < -0.4 is 4.72 Å². The van der Waals surface area contributed by atoms with Crippen molar-refractivity contribution in [1.82, 2.24) is 9.62 Å². The zero-order valence-electron chi connectivity index (χ0n) is 15.3. The summed E-state index contributed by atoms with van der Waals surface area (Å²) in [4.78, 5) is 13.9. The molecular formula is C20H24N2O4S. The normalized spacial score (nSPS) is 16.2. The maximum Gasteiger partial charge on any atom is 0.337 e. The Bertz CT molecular complexity index is 861. The summed E-state index contributed by atoms with van der Waals surface area (Å²) in [5.41, 5.74) is 1.42. The van der Waals surface area contributed by atoms with Gasteiger partial charge in [-0.25, -0.2) is 17.9 Å². The summed E-state index contributed by atoms with van der Waals surface area (Å²) >= 11 is 0. The SMILES string of the molecule is COC(=O)c1ccc(S(=O)(=O)NC[C@H](c2ccccc2)N2CCCC2)cc1. The maximum absolute atomic E-state index is 12.7. The Morgan fingerprint density at radius 2 is 1.70 bits per heavy atom. The smallest absolute Gasteiger partial charge is 0.337 e. The number of benzene rings is 2. The van der Waals surface area contributed by atoms with Crippen LogP contribution in [0.2, 0.25) is 0 Å². The van der Waals surface area contributed by atoms with E-state index in [1.807, 2.05) is 30.3 Å². The third-order valence-corrected chi connectivity index (χ3v) is 6.26. The van der Waals surface area contributed by atoms with Crippen LogP contribution in [-0.4, -0.2) is 46.0 Å². The number of esters is 1. The van der Waals surface area contributed by atoms with Crippen molar-refractivity contribution < 1.29 is 17.9 Å². The molecule has 0 unspecified atom stereocenters. The second kappa shape index (κ2) is 8.65. The molecule has 0 aliphatic carbocycles. The summed E-state index contributed by atoms with van der Waals surface area (Å²) in [6, 6.07) is 15.7. The molecule has 27 heavy (non-hydrogen) atoms. The van der Waals surface area contributed by atoms with Crippen LogP contribution in [0.4, 0.5) is 0 Å². The van der Waals surface area contributed by atoms with Crippen molar-refractivity contribution in [3.8, 4) is 0 Å². The highest BCUT2D eigenvalue weighted by Gasteiger charge is 2.25. The lowest BCUT2D eigenvalue weighted by Gasteiger charge is -2.28. The first-order valence-electron chi connectivity index (χ1n) is 8.98. The van der Waals surface area contributed by atoms with Crippen molar-refractivity contribution in [2.24, 2.45) is 0 Å². The molecule has 0 saturated carbocycles. The van der Waals surface area contributed by atoms with Gasteiger partial charge in [-0.2, -0.15) is 0 Å². The first-order valence-corrected chi connectivity index (χ1v) is 10.5. The quantitative estimate of drug-likeness (QED) is 0.738. The largest absolute Gasteiger partial charge is 0.465 e. The predicted octanol–water partition coefficient (Wildman–Crippen LogP) is 2.59. The third-order valence-electron chi connectivity index (χ3n) is 4.82. The fourth-order valence-electron chi connectivity index (χ4n) is 3.35. The molecular weight excluding hydrogens is 364 g/mol. The molecule has 0 spiro atoms. The molecule has 1 aliphatic heterocycles. The van der Waals surface area contributed by atoms with E-state index in [4.69, 9.17) is 0 Å². The van der Waals surface area contributed by atoms with E-state index in [1.54, 1.807) is 0 Å². The molecule has 0 radical (unpaired) electrons. The van der Waals surface area contributed by atoms with Gasteiger partial charge in [0.1, 0.15) is 0 Å². The first-order chi connectivity index (χ1) is 13.0. The Labute approximate surface area is 160 Å². The number of nitrogens with zero attached hydrogens (tertiary/aromatic N) is 1. The molecule has 2 aromatic carbocycles. The zero-order valence-corrected chi connectivity index (χ0v) is 16.1. The lowest BCUT2D eigenvalue weighted by molar-refractivity contribution is 0.0600. The Hall–Kier alpha value is -2.22. The van der Waals surface area contributed by atoms with Crippen molar-refractivity contribution in [2.75, 3.05) is 26.7 Å². The Morgan fingerprint density at radius 3 is 2.30 bits per heavy atom. The predicted molar refractivity (Wildman–Crippen MR) is 103 cm³/mol. The van der Waals surface area contributed by atoms with Gasteiger partial charge in [-0.3, -0.25) is 4.90 Å². The zero-order chi connectivity index (χ0) is 19.3. The van der Waals surface area contributed by atoms with Crippen molar-refractivity contribution >= 4 is 16.0 Å². The van der Waals surface area contributed by atoms with Gasteiger partial charge in [0.25, 0.3) is 0 Å². The summed E-state index contributed by atoms with van der Waals surface area (Å²) in [6.07, 6.45) is 2.26. The molecule has 0 aromatic heterocycles. The molecule has 1 aliphatic rings. The number of rotatable bonds is 7. The molecule has 1 atom stereocenters. The molecule has 3 rings (SSSR count). The van der Waals surface area contributed by atoms with Gasteiger partial charge in [-0.15, -0.1) is 0 Å². The maximum atomic E-state index is 12.7. The van der Waals surface area contributed by atoms with E-state index in [0.29, 0.717) is 12.1 Å². The van der Waals surface area contributed by atoms with Crippen LogP contribution in [0.3, 0.4) is 0 Å². The summed E-state index contributed by atoms with van der Waals surface area (Å²) in [5, 5.41) is 0. The minimum Gasteiger partial charge on any atom is -0.465 e. The number of likely N-dealkylation sites (tertiary alicyclic amines) is 1. The first kappa shape index (κ1) is 19.5. The van der Waals surface area contributed by atoms with Gasteiger partial charge in [-0.1, -0.05) is 30.3 Å². The van der Waals surface area contributed by atoms with Crippen molar-refractivity contribution in [2.45, 2.75) is 23.8 Å². The number of carbonyl (C=O) groups is 1. The van der Waals surface area contributed by atoms with Gasteiger partial charge in [0.2, 0.25) is 10.0 Å². The van der Waals surface area contributed by atoms with Crippen LogP contribution in [0.25, 0.3) is 0 Å². The van der Waals surface area contributed by atoms with E-state index in [9.17, 15) is 13.2 Å². The summed E-state index contributed by atoms with van der Waals surface area (Å²) in [7, 11) is -2.38. The highest BCUT2D eigenvalue weighted by molar-refractivity contribution is 7.89. The third kappa shape index (κ3) is 4.74. The van der Waals surface area contributed by atoms with Gasteiger partial charge >= 0.3 is 5.97 Å². The Morgan fingerprint density at radius 1 is 1.07 bits per heavy atom. The van der Waals surface area contributed by atoms with Crippen LogP contribution in [0.5, 0.6) is 0 Å². The van der Waals surface area contributed by atoms with Gasteiger partial charge in [-0.05, 0) is 55.8 Å². The van der Waals surface area contributed by atoms with Crippen molar-refractivity contribution in [3.05, 3.63) is 65.7 Å². The molecule has 1 heterocycles. The summed E-state index contributed by atoms with van der Waals surface area (Å²) in [6.45, 7) is 2.23. The Kier molecular flexibility index (Phi) is 6.26. The minimum absolute atomic E-state index is 0.00202. The number of nitrogens with one attached hydrogen (secondary N) is 1. The number of hydrogen-bond donors (Lipinski definition) is 1. The van der Waals surface area contributed by atoms with E-state index >= 15 is 0 Å². The lowest BCUT2D eigenvalue weighted by atomic mass is 10.1. The van der Waals surface area contributed by atoms with Crippen LogP contribution in [0, 0.1) is 0 Å². The second-order valence-electron chi connectivity index (χ2n) is 6.54. The Balaban J connectivity index is 1.74. The van der Waals surface area contributed by atoms with Crippen LogP contribution in [0.1, 0.15) is 34.8 Å². The van der Waals surface area contributed by atoms with Gasteiger partial charge < -0.3 is 4.74 Å². The van der Waals surface area contributed by atoms with Crippen molar-refractivity contribution in [3.63, 3.8) is 0 Å². The molecule has 7 heteroatoms. The number of methoxy groups -OCH3 is 1. The highest BCUT2D eigenvalue weighted by Crippen LogP contribution is 2.25. The topological polar surface area (TPSA) is 75.7 Å². The fraction of sp³-hybridized carbons (Fsp3) is 0.350. The average molecular weight is 388 g/mol. The standard InChI is InChI=1S/C20H24N2O4S/c1-26-20(23)17-9-11-18(12-10-17)27(24,25)21-15-19(22-13-5-6-14-22)16-7-3-2-4-8-16/h2-4,7-12,19,21H,5-6,13-15H2,1H3/t19-/m1/s1. The molecule has 6 nitrogen and oxygen atoms in total. The van der Waals surface area contributed by atoms with E-state index in [1.165, 1.54) is 31.4 Å². The molecule has 144 valence electrons. The van der Waals surface area contributed by atoms with E-state index in [2.05, 4.69) is 14.4 Å². The molecule has 1 saturated heterocycles. The summed E-state index contributed by atoms with van der Waals surface area (Å²) in [5.74, 6) is -0.495. The van der Waals surface area contributed by atoms with Gasteiger partial charge in [0, 0.05) is 12.6 Å². The van der Waals surface area contributed by atoms with E-state index in [0.717, 1.165) is 31.5 Å². The molecule has 0 amide bonds. The lowest BCUT2D eigenvalue weighted by Crippen LogP contribution is -2.36. The van der Waals surface area contributed by atoms with Gasteiger partial charge in [0.05, 0.1) is 17.6 Å². The van der Waals surface area contributed by atoms with Gasteiger partial charge in [0.15, 0.2) is 0 Å². The van der Waals surface area contributed by atoms with Crippen LogP contribution in [-0.2, 0) is 14.8 Å². The second-order valence-corrected chi connectivity index (χ2v) is 8.30. The van der Waals surface area contributed by atoms with Crippen LogP contribution in [0.15, 0.2) is 59.5 Å². The average Bonchev–Trinajstić information content (AvgIpc) is 3.23. The number of carbonyl (C=O) groups excluding carboxylic acids is 1. The van der Waals surface area contributed by atoms with E-state index < -0.39 is 16.0 Å². The summed E-state index contributed by atoms with van der Waals surface area (Å²) < 4.78 is 32.7. The minimum atomic E-state index is -3.67. The molecule has 1 N–H and O–H groups in total. The molecule has 1 fully saturated rings. The molecule has 2 aromatic rings.